The van der Waals surface area contributed by atoms with E-state index >= 15 is 0 Å². The van der Waals surface area contributed by atoms with Crippen molar-refractivity contribution >= 4 is 76.8 Å². The number of aromatic nitrogens is 4. The van der Waals surface area contributed by atoms with Crippen molar-refractivity contribution in [1.29, 1.82) is 0 Å². The van der Waals surface area contributed by atoms with Gasteiger partial charge in [-0.1, -0.05) is 83.9 Å². The molecule has 0 spiro atoms. The molecule has 76 heavy (non-hydrogen) atoms. The summed E-state index contributed by atoms with van der Waals surface area (Å²) in [5.74, 6) is -0.735. The number of carbonyl (C=O) groups is 2. The molecule has 0 saturated heterocycles. The van der Waals surface area contributed by atoms with Crippen LogP contribution in [0.4, 0.5) is 17.6 Å². The molecule has 0 bridgehead atoms. The van der Waals surface area contributed by atoms with Crippen LogP contribution in [-0.4, -0.2) is 73.3 Å². The first-order chi connectivity index (χ1) is 36.2. The minimum absolute atomic E-state index is 0.0251. The van der Waals surface area contributed by atoms with Crippen LogP contribution in [0.15, 0.2) is 131 Å². The van der Waals surface area contributed by atoms with Crippen LogP contribution in [0.2, 0.25) is 10.0 Å². The van der Waals surface area contributed by atoms with Crippen molar-refractivity contribution in [1.82, 2.24) is 19.9 Å². The van der Waals surface area contributed by atoms with Crippen molar-refractivity contribution in [2.45, 2.75) is 73.4 Å². The molecule has 2 aliphatic carbocycles. The average molecular weight is 1120 g/mol. The number of sulfone groups is 2. The number of benzene rings is 6. The van der Waals surface area contributed by atoms with Crippen molar-refractivity contribution in [2.75, 3.05) is 11.5 Å². The van der Waals surface area contributed by atoms with Crippen LogP contribution < -0.4 is 20.9 Å². The van der Waals surface area contributed by atoms with Crippen LogP contribution in [0.1, 0.15) is 73.1 Å². The highest BCUT2D eigenvalue weighted by Gasteiger charge is 2.31. The average Bonchev–Trinajstić information content (AvgIpc) is 4.28. The maximum atomic E-state index is 12.9. The molecule has 22 heteroatoms. The first kappa shape index (κ1) is 53.8. The number of nitrogens with zero attached hydrogens (tertiary/aromatic N) is 2. The van der Waals surface area contributed by atoms with Gasteiger partial charge in [0.15, 0.2) is 19.7 Å². The van der Waals surface area contributed by atoms with E-state index in [0.717, 1.165) is 25.7 Å². The van der Waals surface area contributed by atoms with Gasteiger partial charge in [0.2, 0.25) is 11.8 Å². The second-order valence-electron chi connectivity index (χ2n) is 18.7. The minimum Gasteiger partial charge on any atom is -0.434 e. The lowest BCUT2D eigenvalue weighted by molar-refractivity contribution is -0.119. The highest BCUT2D eigenvalue weighted by Crippen LogP contribution is 2.41. The Bertz CT molecular complexity index is 3450. The highest BCUT2D eigenvalue weighted by molar-refractivity contribution is 7.91. The Morgan fingerprint density at radius 1 is 0.553 bits per heavy atom. The van der Waals surface area contributed by atoms with E-state index in [1.807, 2.05) is 0 Å². The number of primary amides is 2. The lowest BCUT2D eigenvalue weighted by Gasteiger charge is -2.14. The Hall–Kier alpha value is -7.00. The van der Waals surface area contributed by atoms with Gasteiger partial charge in [0.25, 0.3) is 0 Å². The number of nitrogens with two attached hydrogens (primary N) is 2. The highest BCUT2D eigenvalue weighted by atomic mass is 35.5. The molecule has 0 radical (unpaired) electrons. The molecule has 2 amide bonds. The van der Waals surface area contributed by atoms with E-state index in [-0.39, 0.29) is 67.5 Å². The molecule has 10 rings (SSSR count). The Morgan fingerprint density at radius 3 is 1.24 bits per heavy atom. The molecule has 2 saturated carbocycles. The predicted molar refractivity (Wildman–Crippen MR) is 280 cm³/mol. The van der Waals surface area contributed by atoms with Gasteiger partial charge < -0.3 is 30.9 Å². The molecule has 2 fully saturated rings. The summed E-state index contributed by atoms with van der Waals surface area (Å²) in [5, 5.41) is 0.573. The van der Waals surface area contributed by atoms with Crippen molar-refractivity contribution < 1.29 is 53.5 Å². The fourth-order valence-electron chi connectivity index (χ4n) is 8.96. The van der Waals surface area contributed by atoms with E-state index in [1.54, 1.807) is 109 Å². The SMILES string of the molecule is NC(=O)C[C@@H](c1ccc(S(=O)(=O)CC2CC2)cc1)c1nc2cc(-c3ccccc3OC(F)F)c(Cl)cc2[nH]1.NC(=O)C[C@H](c1ccc(S(=O)(=O)CC2CC2)cc1)c1nc2cc(-c3ccccc3OC(F)F)c(Cl)cc2[nH]1. The maximum Gasteiger partial charge on any atom is 0.387 e. The van der Waals surface area contributed by atoms with Crippen molar-refractivity contribution in [3.8, 4) is 33.8 Å². The number of hydrogen-bond acceptors (Lipinski definition) is 10. The fourth-order valence-corrected chi connectivity index (χ4v) is 12.9. The van der Waals surface area contributed by atoms with Crippen LogP contribution >= 0.6 is 23.2 Å². The van der Waals surface area contributed by atoms with Gasteiger partial charge in [-0.05, 0) is 109 Å². The number of H-pyrrole nitrogens is 2. The molecule has 2 aromatic heterocycles. The third-order valence-corrected chi connectivity index (χ3v) is 17.4. The smallest absolute Gasteiger partial charge is 0.387 e. The Balaban J connectivity index is 0.000000186. The number of alkyl halides is 4. The Kier molecular flexibility index (Phi) is 15.8. The summed E-state index contributed by atoms with van der Waals surface area (Å²) in [5.41, 5.74) is 16.2. The standard InChI is InChI=1S/2C27H24ClF2N3O4S/c2*28-21-13-23-22(11-20(21)18-3-1-2-4-24(18)37-27(29)30)32-26(33-23)19(12-25(31)34)16-7-9-17(10-8-16)38(35,36)14-15-5-6-15/h2*1-4,7-11,13,15,19,27H,5-6,12,14H2,(H2,31,34)(H,32,33)/t2*19-/m10/s1. The first-order valence-corrected chi connectivity index (χ1v) is 28.0. The molecule has 8 aromatic rings. The number of nitrogens with one attached hydrogen (secondary N) is 2. The van der Waals surface area contributed by atoms with E-state index in [2.05, 4.69) is 29.4 Å². The Labute approximate surface area is 444 Å². The predicted octanol–water partition coefficient (Wildman–Crippen LogP) is 11.4. The van der Waals surface area contributed by atoms with E-state index in [4.69, 9.17) is 34.7 Å². The van der Waals surface area contributed by atoms with Crippen molar-refractivity contribution in [3.05, 3.63) is 154 Å². The molecule has 2 aliphatic rings. The lowest BCUT2D eigenvalue weighted by atomic mass is 9.95. The summed E-state index contributed by atoms with van der Waals surface area (Å²) in [4.78, 5) is 40.0. The zero-order valence-corrected chi connectivity index (χ0v) is 43.2. The molecule has 0 aliphatic heterocycles. The number of para-hydroxylation sites is 2. The van der Waals surface area contributed by atoms with Gasteiger partial charge in [0.05, 0.1) is 65.2 Å². The Morgan fingerprint density at radius 2 is 0.908 bits per heavy atom. The third-order valence-electron chi connectivity index (χ3n) is 13.0. The quantitative estimate of drug-likeness (QED) is 0.0527. The number of aromatic amines is 2. The van der Waals surface area contributed by atoms with Crippen LogP contribution in [0.5, 0.6) is 11.5 Å². The lowest BCUT2D eigenvalue weighted by Crippen LogP contribution is -2.17. The molecule has 6 N–H and O–H groups in total. The van der Waals surface area contributed by atoms with Crippen LogP contribution in [0, 0.1) is 11.8 Å². The van der Waals surface area contributed by atoms with Crippen LogP contribution in [-0.2, 0) is 29.3 Å². The number of halogens is 6. The van der Waals surface area contributed by atoms with Crippen LogP contribution in [0.3, 0.4) is 0 Å². The molecule has 0 unspecified atom stereocenters. The monoisotopic (exact) mass is 1120 g/mol. The number of rotatable bonds is 20. The van der Waals surface area contributed by atoms with E-state index in [0.29, 0.717) is 67.1 Å². The molecular weight excluding hydrogens is 1070 g/mol. The topological polar surface area (TPSA) is 230 Å². The molecule has 14 nitrogen and oxygen atoms in total. The number of amides is 2. The number of ether oxygens (including phenoxy) is 2. The van der Waals surface area contributed by atoms with Gasteiger partial charge in [-0.2, -0.15) is 17.6 Å². The third kappa shape index (κ3) is 12.8. The minimum atomic E-state index is -3.38. The van der Waals surface area contributed by atoms with Gasteiger partial charge in [0, 0.05) is 35.1 Å². The van der Waals surface area contributed by atoms with Gasteiger partial charge in [-0.15, -0.1) is 0 Å². The summed E-state index contributed by atoms with van der Waals surface area (Å²) in [7, 11) is -6.76. The second kappa shape index (κ2) is 22.3. The molecule has 6 aromatic carbocycles. The molecular formula is C54H48Cl2F4N6O8S2. The zero-order valence-electron chi connectivity index (χ0n) is 40.1. The van der Waals surface area contributed by atoms with Crippen molar-refractivity contribution in [2.24, 2.45) is 23.3 Å². The van der Waals surface area contributed by atoms with Gasteiger partial charge in [-0.3, -0.25) is 9.59 Å². The summed E-state index contributed by atoms with van der Waals surface area (Å²) in [6.07, 6.45) is 3.59. The summed E-state index contributed by atoms with van der Waals surface area (Å²) in [6, 6.07) is 32.0. The largest absolute Gasteiger partial charge is 0.434 e. The maximum absolute atomic E-state index is 12.9. The van der Waals surface area contributed by atoms with Gasteiger partial charge >= 0.3 is 13.2 Å². The zero-order chi connectivity index (χ0) is 54.1. The molecule has 2 heterocycles. The van der Waals surface area contributed by atoms with E-state index in [1.165, 1.54) is 12.1 Å². The summed E-state index contributed by atoms with van der Waals surface area (Å²) < 4.78 is 112. The summed E-state index contributed by atoms with van der Waals surface area (Å²) in [6.45, 7) is -6.00. The number of fused-ring (bicyclic) bond motifs is 2. The molecule has 396 valence electrons. The van der Waals surface area contributed by atoms with E-state index in [9.17, 15) is 44.0 Å². The number of carbonyl (C=O) groups excluding carboxylic acids is 2. The first-order valence-electron chi connectivity index (χ1n) is 23.9. The normalized spacial score (nSPS) is 14.6. The second-order valence-corrected chi connectivity index (χ2v) is 23.6. The van der Waals surface area contributed by atoms with Gasteiger partial charge in [0.1, 0.15) is 23.1 Å². The van der Waals surface area contributed by atoms with Crippen LogP contribution in [0.25, 0.3) is 44.3 Å². The fraction of sp³-hybridized carbons (Fsp3) is 0.259. The van der Waals surface area contributed by atoms with Gasteiger partial charge in [-0.25, -0.2) is 26.8 Å². The van der Waals surface area contributed by atoms with Crippen molar-refractivity contribution in [3.63, 3.8) is 0 Å². The number of imidazole rings is 2. The summed E-state index contributed by atoms with van der Waals surface area (Å²) >= 11 is 13.0. The molecule has 2 atom stereocenters. The van der Waals surface area contributed by atoms with E-state index < -0.39 is 56.5 Å². The number of hydrogen-bond donors (Lipinski definition) is 4.